The van der Waals surface area contributed by atoms with E-state index in [2.05, 4.69) is 33.1 Å². The van der Waals surface area contributed by atoms with Crippen molar-refractivity contribution in [2.24, 2.45) is 11.8 Å². The maximum absolute atomic E-state index is 12.4. The minimum absolute atomic E-state index is 0.281. The van der Waals surface area contributed by atoms with E-state index in [1.807, 2.05) is 6.07 Å². The lowest BCUT2D eigenvalue weighted by atomic mass is 9.93. The smallest absolute Gasteiger partial charge is 0.225 e. The van der Waals surface area contributed by atoms with Crippen molar-refractivity contribution in [3.63, 3.8) is 0 Å². The second kappa shape index (κ2) is 4.83. The summed E-state index contributed by atoms with van der Waals surface area (Å²) in [5.74, 6) is 1.57. The number of aromatic amines is 1. The summed E-state index contributed by atoms with van der Waals surface area (Å²) >= 11 is 0. The molecule has 2 aliphatic rings. The first-order chi connectivity index (χ1) is 10.2. The van der Waals surface area contributed by atoms with E-state index in [4.69, 9.17) is 0 Å². The lowest BCUT2D eigenvalue weighted by molar-refractivity contribution is -0.134. The normalized spacial score (nSPS) is 28.8. The Morgan fingerprint density at radius 3 is 3.14 bits per heavy atom. The molecule has 2 aromatic heterocycles. The Labute approximate surface area is 123 Å². The molecule has 1 saturated carbocycles. The van der Waals surface area contributed by atoms with Crippen LogP contribution in [0, 0.1) is 11.8 Å². The van der Waals surface area contributed by atoms with Gasteiger partial charge in [-0.2, -0.15) is 5.10 Å². The number of fused-ring (bicyclic) bond motifs is 1. The lowest BCUT2D eigenvalue weighted by Gasteiger charge is -2.32. The number of aromatic nitrogens is 3. The van der Waals surface area contributed by atoms with E-state index in [1.165, 1.54) is 0 Å². The van der Waals surface area contributed by atoms with Crippen molar-refractivity contribution in [2.75, 3.05) is 13.1 Å². The predicted octanol–water partition coefficient (Wildman–Crippen LogP) is 2.32. The van der Waals surface area contributed by atoms with Gasteiger partial charge < -0.3 is 4.90 Å². The fourth-order valence-corrected chi connectivity index (χ4v) is 3.49. The molecule has 5 nitrogen and oxygen atoms in total. The number of H-pyrrole nitrogens is 1. The summed E-state index contributed by atoms with van der Waals surface area (Å²) in [4.78, 5) is 18.8. The molecule has 110 valence electrons. The first-order valence-corrected chi connectivity index (χ1v) is 7.82. The van der Waals surface area contributed by atoms with Crippen molar-refractivity contribution in [1.29, 1.82) is 0 Å². The monoisotopic (exact) mass is 284 g/mol. The molecule has 3 heterocycles. The number of carbonyl (C=O) groups is 1. The largest absolute Gasteiger partial charge is 0.342 e. The number of nitrogens with one attached hydrogen (secondary N) is 1. The number of pyridine rings is 1. The van der Waals surface area contributed by atoms with Gasteiger partial charge in [-0.05, 0) is 37.3 Å². The van der Waals surface area contributed by atoms with Gasteiger partial charge in [-0.1, -0.05) is 6.92 Å². The molecule has 1 amide bonds. The predicted molar refractivity (Wildman–Crippen MR) is 79.7 cm³/mol. The Kier molecular flexibility index (Phi) is 2.94. The van der Waals surface area contributed by atoms with Crippen LogP contribution in [0.2, 0.25) is 0 Å². The summed E-state index contributed by atoms with van der Waals surface area (Å²) in [6.45, 7) is 3.88. The first kappa shape index (κ1) is 12.8. The lowest BCUT2D eigenvalue weighted by Crippen LogP contribution is -2.40. The van der Waals surface area contributed by atoms with Crippen molar-refractivity contribution in [2.45, 2.75) is 32.1 Å². The van der Waals surface area contributed by atoms with Gasteiger partial charge in [0.25, 0.3) is 0 Å². The van der Waals surface area contributed by atoms with Crippen molar-refractivity contribution < 1.29 is 4.79 Å². The average Bonchev–Trinajstić information content (AvgIpc) is 3.10. The summed E-state index contributed by atoms with van der Waals surface area (Å²) in [5.41, 5.74) is 1.91. The highest BCUT2D eigenvalue weighted by molar-refractivity contribution is 5.82. The zero-order valence-corrected chi connectivity index (χ0v) is 12.2. The summed E-state index contributed by atoms with van der Waals surface area (Å²) in [6, 6.07) is 4.00. The molecule has 3 atom stereocenters. The van der Waals surface area contributed by atoms with Crippen LogP contribution >= 0.6 is 0 Å². The molecular formula is C16H20N4O. The molecule has 4 rings (SSSR count). The summed E-state index contributed by atoms with van der Waals surface area (Å²) in [5, 5.41) is 8.52. The molecule has 2 fully saturated rings. The Morgan fingerprint density at radius 1 is 1.48 bits per heavy atom. The molecule has 2 aromatic rings. The highest BCUT2D eigenvalue weighted by Crippen LogP contribution is 2.40. The van der Waals surface area contributed by atoms with Crippen LogP contribution in [0.15, 0.2) is 18.3 Å². The number of amides is 1. The SMILES string of the molecule is C[C@@H]1C[C@H]1C(=O)N1CCC[C@@H](c2[nH]nc3ncccc23)C1. The molecule has 1 aliphatic heterocycles. The van der Waals surface area contributed by atoms with Crippen LogP contribution in [-0.2, 0) is 4.79 Å². The minimum Gasteiger partial charge on any atom is -0.342 e. The third kappa shape index (κ3) is 2.20. The molecule has 1 saturated heterocycles. The van der Waals surface area contributed by atoms with Gasteiger partial charge >= 0.3 is 0 Å². The van der Waals surface area contributed by atoms with Crippen molar-refractivity contribution in [1.82, 2.24) is 20.1 Å². The number of hydrogen-bond donors (Lipinski definition) is 1. The van der Waals surface area contributed by atoms with Crippen LogP contribution in [0.4, 0.5) is 0 Å². The number of nitrogens with zero attached hydrogens (tertiary/aromatic N) is 3. The van der Waals surface area contributed by atoms with Gasteiger partial charge in [0.05, 0.1) is 0 Å². The van der Waals surface area contributed by atoms with Gasteiger partial charge in [0, 0.05) is 42.2 Å². The molecule has 1 aliphatic carbocycles. The second-order valence-electron chi connectivity index (χ2n) is 6.45. The van der Waals surface area contributed by atoms with Crippen molar-refractivity contribution in [3.05, 3.63) is 24.0 Å². The van der Waals surface area contributed by atoms with E-state index >= 15 is 0 Å². The van der Waals surface area contributed by atoms with E-state index in [-0.39, 0.29) is 5.92 Å². The van der Waals surface area contributed by atoms with Crippen LogP contribution in [-0.4, -0.2) is 39.1 Å². The fraction of sp³-hybridized carbons (Fsp3) is 0.562. The van der Waals surface area contributed by atoms with E-state index in [0.29, 0.717) is 17.7 Å². The number of carbonyl (C=O) groups excluding carboxylic acids is 1. The van der Waals surface area contributed by atoms with Crippen molar-refractivity contribution >= 4 is 16.9 Å². The zero-order valence-electron chi connectivity index (χ0n) is 12.2. The quantitative estimate of drug-likeness (QED) is 0.920. The zero-order chi connectivity index (χ0) is 14.4. The average molecular weight is 284 g/mol. The summed E-state index contributed by atoms with van der Waals surface area (Å²) < 4.78 is 0. The number of hydrogen-bond acceptors (Lipinski definition) is 3. The number of piperidine rings is 1. The first-order valence-electron chi connectivity index (χ1n) is 7.82. The molecule has 1 N–H and O–H groups in total. The number of likely N-dealkylation sites (tertiary alicyclic amines) is 1. The van der Waals surface area contributed by atoms with Crippen LogP contribution in [0.25, 0.3) is 11.0 Å². The molecule has 21 heavy (non-hydrogen) atoms. The third-order valence-corrected chi connectivity index (χ3v) is 4.93. The van der Waals surface area contributed by atoms with Crippen molar-refractivity contribution in [3.8, 4) is 0 Å². The maximum Gasteiger partial charge on any atom is 0.225 e. The Balaban J connectivity index is 1.56. The highest BCUT2D eigenvalue weighted by atomic mass is 16.2. The minimum atomic E-state index is 0.281. The van der Waals surface area contributed by atoms with Gasteiger partial charge in [-0.25, -0.2) is 4.98 Å². The van der Waals surface area contributed by atoms with Gasteiger partial charge in [-0.15, -0.1) is 0 Å². The van der Waals surface area contributed by atoms with Gasteiger partial charge in [0.1, 0.15) is 0 Å². The van der Waals surface area contributed by atoms with Crippen LogP contribution in [0.5, 0.6) is 0 Å². The Morgan fingerprint density at radius 2 is 2.33 bits per heavy atom. The summed E-state index contributed by atoms with van der Waals surface area (Å²) in [6.07, 6.45) is 5.00. The van der Waals surface area contributed by atoms with Crippen LogP contribution in [0.3, 0.4) is 0 Å². The molecule has 5 heteroatoms. The van der Waals surface area contributed by atoms with E-state index in [1.54, 1.807) is 6.20 Å². The molecular weight excluding hydrogens is 264 g/mol. The maximum atomic E-state index is 12.4. The molecule has 0 bridgehead atoms. The van der Waals surface area contributed by atoms with E-state index < -0.39 is 0 Å². The third-order valence-electron chi connectivity index (χ3n) is 4.93. The molecule has 0 aromatic carbocycles. The number of rotatable bonds is 2. The van der Waals surface area contributed by atoms with Crippen LogP contribution < -0.4 is 0 Å². The second-order valence-corrected chi connectivity index (χ2v) is 6.45. The highest BCUT2D eigenvalue weighted by Gasteiger charge is 2.42. The van der Waals surface area contributed by atoms with E-state index in [0.717, 1.165) is 49.1 Å². The van der Waals surface area contributed by atoms with Gasteiger partial charge in [0.2, 0.25) is 5.91 Å². The molecule has 0 radical (unpaired) electrons. The van der Waals surface area contributed by atoms with Gasteiger partial charge in [0.15, 0.2) is 5.65 Å². The van der Waals surface area contributed by atoms with E-state index in [9.17, 15) is 4.79 Å². The Bertz CT molecular complexity index is 680. The molecule has 0 spiro atoms. The standard InChI is InChI=1S/C16H20N4O/c1-10-8-13(10)16(21)20-7-3-4-11(9-20)14-12-5-2-6-17-15(12)19-18-14/h2,5-6,10-11,13H,3-4,7-9H2,1H3,(H,17,18,19)/t10-,11-,13-/m1/s1. The fourth-order valence-electron chi connectivity index (χ4n) is 3.49. The van der Waals surface area contributed by atoms with Gasteiger partial charge in [-0.3, -0.25) is 9.89 Å². The molecule has 0 unspecified atom stereocenters. The Hall–Kier alpha value is -1.91. The topological polar surface area (TPSA) is 61.9 Å². The summed E-state index contributed by atoms with van der Waals surface area (Å²) in [7, 11) is 0. The van der Waals surface area contributed by atoms with Crippen LogP contribution in [0.1, 0.15) is 37.8 Å².